The third-order valence-electron chi connectivity index (χ3n) is 4.49. The average molecular weight is 408 g/mol. The van der Waals surface area contributed by atoms with Crippen molar-refractivity contribution in [1.82, 2.24) is 10.2 Å². The second kappa shape index (κ2) is 9.95. The topological polar surface area (TPSA) is 53.6 Å². The number of anilines is 1. The number of hydrogen-bond acceptors (Lipinski definition) is 3. The van der Waals surface area contributed by atoms with Crippen LogP contribution in [0.3, 0.4) is 0 Å². The third kappa shape index (κ3) is 6.40. The molecule has 2 N–H and O–H groups in total. The molecular weight excluding hydrogens is 385 g/mol. The van der Waals surface area contributed by atoms with Crippen LogP contribution in [0.2, 0.25) is 10.0 Å². The molecule has 0 bridgehead atoms. The van der Waals surface area contributed by atoms with E-state index in [-0.39, 0.29) is 6.03 Å². The lowest BCUT2D eigenvalue weighted by Crippen LogP contribution is -2.37. The van der Waals surface area contributed by atoms with Crippen LogP contribution in [0.4, 0.5) is 10.5 Å². The summed E-state index contributed by atoms with van der Waals surface area (Å²) in [6, 6.07) is 12.9. The monoisotopic (exact) mass is 407 g/mol. The molecule has 0 spiro atoms. The van der Waals surface area contributed by atoms with Gasteiger partial charge in [0.15, 0.2) is 0 Å². The molecule has 144 valence electrons. The first-order valence-corrected chi connectivity index (χ1v) is 9.73. The smallest absolute Gasteiger partial charge is 0.319 e. The highest BCUT2D eigenvalue weighted by Gasteiger charge is 2.10. The van der Waals surface area contributed by atoms with Gasteiger partial charge in [-0.15, -0.1) is 0 Å². The van der Waals surface area contributed by atoms with E-state index in [1.165, 1.54) is 5.56 Å². The van der Waals surface area contributed by atoms with E-state index in [2.05, 4.69) is 15.5 Å². The Morgan fingerprint density at radius 1 is 1.07 bits per heavy atom. The molecule has 1 aliphatic heterocycles. The van der Waals surface area contributed by atoms with Crippen molar-refractivity contribution < 1.29 is 9.53 Å². The van der Waals surface area contributed by atoms with Crippen LogP contribution in [0.1, 0.15) is 11.1 Å². The van der Waals surface area contributed by atoms with Crippen molar-refractivity contribution in [3.8, 4) is 0 Å². The minimum atomic E-state index is -0.276. The molecule has 3 rings (SSSR count). The summed E-state index contributed by atoms with van der Waals surface area (Å²) < 4.78 is 5.36. The molecule has 2 amide bonds. The first-order chi connectivity index (χ1) is 13.1. The number of urea groups is 1. The van der Waals surface area contributed by atoms with Gasteiger partial charge < -0.3 is 15.4 Å². The zero-order valence-electron chi connectivity index (χ0n) is 15.0. The second-order valence-electron chi connectivity index (χ2n) is 6.44. The molecule has 7 heteroatoms. The fourth-order valence-corrected chi connectivity index (χ4v) is 3.36. The van der Waals surface area contributed by atoms with E-state index in [1.807, 2.05) is 24.3 Å². The largest absolute Gasteiger partial charge is 0.379 e. The van der Waals surface area contributed by atoms with Crippen LogP contribution in [0, 0.1) is 0 Å². The van der Waals surface area contributed by atoms with Gasteiger partial charge in [-0.05, 0) is 41.8 Å². The van der Waals surface area contributed by atoms with Gasteiger partial charge in [-0.3, -0.25) is 4.90 Å². The summed E-state index contributed by atoms with van der Waals surface area (Å²) in [5.74, 6) is 0. The van der Waals surface area contributed by atoms with Crippen molar-refractivity contribution in [2.24, 2.45) is 0 Å². The minimum absolute atomic E-state index is 0.276. The lowest BCUT2D eigenvalue weighted by atomic mass is 10.1. The van der Waals surface area contributed by atoms with Crippen LogP contribution in [0.15, 0.2) is 42.5 Å². The van der Waals surface area contributed by atoms with Gasteiger partial charge in [0, 0.05) is 41.9 Å². The van der Waals surface area contributed by atoms with Crippen LogP contribution in [0.5, 0.6) is 0 Å². The SMILES string of the molecule is O=C(NCc1ccc(Cl)cc1Cl)Nc1ccc(CCN2CCOCC2)cc1. The first kappa shape index (κ1) is 20.0. The minimum Gasteiger partial charge on any atom is -0.379 e. The molecule has 2 aromatic carbocycles. The van der Waals surface area contributed by atoms with Gasteiger partial charge in [-0.1, -0.05) is 41.4 Å². The number of rotatable bonds is 6. The summed E-state index contributed by atoms with van der Waals surface area (Å²) in [4.78, 5) is 14.5. The van der Waals surface area contributed by atoms with Crippen molar-refractivity contribution in [3.05, 3.63) is 63.6 Å². The maximum Gasteiger partial charge on any atom is 0.319 e. The Kier molecular flexibility index (Phi) is 7.35. The van der Waals surface area contributed by atoms with Crippen LogP contribution in [0.25, 0.3) is 0 Å². The van der Waals surface area contributed by atoms with E-state index in [4.69, 9.17) is 27.9 Å². The summed E-state index contributed by atoms with van der Waals surface area (Å²) in [6.45, 7) is 4.99. The molecule has 0 radical (unpaired) electrons. The molecular formula is C20H23Cl2N3O2. The molecule has 0 aliphatic carbocycles. The first-order valence-electron chi connectivity index (χ1n) is 8.98. The van der Waals surface area contributed by atoms with Crippen LogP contribution < -0.4 is 10.6 Å². The van der Waals surface area contributed by atoms with Crippen molar-refractivity contribution in [2.45, 2.75) is 13.0 Å². The molecule has 0 unspecified atom stereocenters. The number of nitrogens with one attached hydrogen (secondary N) is 2. The zero-order chi connectivity index (χ0) is 19.1. The van der Waals surface area contributed by atoms with E-state index in [0.717, 1.165) is 50.5 Å². The molecule has 0 aromatic heterocycles. The average Bonchev–Trinajstić information content (AvgIpc) is 2.67. The molecule has 5 nitrogen and oxygen atoms in total. The maximum atomic E-state index is 12.1. The third-order valence-corrected chi connectivity index (χ3v) is 5.07. The number of nitrogens with zero attached hydrogens (tertiary/aromatic N) is 1. The fourth-order valence-electron chi connectivity index (χ4n) is 2.88. The fraction of sp³-hybridized carbons (Fsp3) is 0.350. The highest BCUT2D eigenvalue weighted by molar-refractivity contribution is 6.35. The number of morpholine rings is 1. The van der Waals surface area contributed by atoms with Gasteiger partial charge in [0.1, 0.15) is 0 Å². The standard InChI is InChI=1S/C20H23Cl2N3O2/c21-17-4-3-16(19(22)13-17)14-23-20(26)24-18-5-1-15(2-6-18)7-8-25-9-11-27-12-10-25/h1-6,13H,7-12,14H2,(H2,23,24,26). The van der Waals surface area contributed by atoms with Crippen LogP contribution >= 0.6 is 23.2 Å². The number of carbonyl (C=O) groups excluding carboxylic acids is 1. The Bertz CT molecular complexity index is 762. The molecule has 1 aliphatic rings. The highest BCUT2D eigenvalue weighted by atomic mass is 35.5. The quantitative estimate of drug-likeness (QED) is 0.754. The Morgan fingerprint density at radius 3 is 2.52 bits per heavy atom. The predicted molar refractivity (Wildman–Crippen MR) is 110 cm³/mol. The number of halogens is 2. The van der Waals surface area contributed by atoms with Crippen molar-refractivity contribution in [2.75, 3.05) is 38.2 Å². The molecule has 1 heterocycles. The van der Waals surface area contributed by atoms with Crippen molar-refractivity contribution >= 4 is 34.9 Å². The van der Waals surface area contributed by atoms with Gasteiger partial charge in [0.2, 0.25) is 0 Å². The van der Waals surface area contributed by atoms with Gasteiger partial charge in [-0.25, -0.2) is 4.79 Å². The Balaban J connectivity index is 1.43. The highest BCUT2D eigenvalue weighted by Crippen LogP contribution is 2.20. The summed E-state index contributed by atoms with van der Waals surface area (Å²) in [7, 11) is 0. The lowest BCUT2D eigenvalue weighted by Gasteiger charge is -2.26. The summed E-state index contributed by atoms with van der Waals surface area (Å²) in [5, 5.41) is 6.73. The Morgan fingerprint density at radius 2 is 1.81 bits per heavy atom. The summed E-state index contributed by atoms with van der Waals surface area (Å²) >= 11 is 12.0. The molecule has 0 saturated carbocycles. The van der Waals surface area contributed by atoms with Crippen LogP contribution in [-0.4, -0.2) is 43.8 Å². The number of amides is 2. The van der Waals surface area contributed by atoms with E-state index >= 15 is 0 Å². The second-order valence-corrected chi connectivity index (χ2v) is 7.29. The number of ether oxygens (including phenoxy) is 1. The predicted octanol–water partition coefficient (Wildman–Crippen LogP) is 4.19. The molecule has 1 saturated heterocycles. The number of benzene rings is 2. The van der Waals surface area contributed by atoms with E-state index in [9.17, 15) is 4.79 Å². The normalized spacial score (nSPS) is 14.7. The number of carbonyl (C=O) groups is 1. The van der Waals surface area contributed by atoms with E-state index in [0.29, 0.717) is 16.6 Å². The molecule has 0 atom stereocenters. The lowest BCUT2D eigenvalue weighted by molar-refractivity contribution is 0.0384. The van der Waals surface area contributed by atoms with E-state index in [1.54, 1.807) is 18.2 Å². The Hall–Kier alpha value is -1.79. The van der Waals surface area contributed by atoms with Crippen LogP contribution in [-0.2, 0) is 17.7 Å². The summed E-state index contributed by atoms with van der Waals surface area (Å²) in [6.07, 6.45) is 0.988. The molecule has 1 fully saturated rings. The molecule has 2 aromatic rings. The van der Waals surface area contributed by atoms with Crippen molar-refractivity contribution in [3.63, 3.8) is 0 Å². The van der Waals surface area contributed by atoms with Crippen molar-refractivity contribution in [1.29, 1.82) is 0 Å². The van der Waals surface area contributed by atoms with Gasteiger partial charge in [0.05, 0.1) is 13.2 Å². The molecule has 27 heavy (non-hydrogen) atoms. The number of hydrogen-bond donors (Lipinski definition) is 2. The van der Waals surface area contributed by atoms with Gasteiger partial charge in [-0.2, -0.15) is 0 Å². The maximum absolute atomic E-state index is 12.1. The van der Waals surface area contributed by atoms with Gasteiger partial charge in [0.25, 0.3) is 0 Å². The summed E-state index contributed by atoms with van der Waals surface area (Å²) in [5.41, 5.74) is 2.82. The zero-order valence-corrected chi connectivity index (χ0v) is 16.5. The van der Waals surface area contributed by atoms with E-state index < -0.39 is 0 Å². The van der Waals surface area contributed by atoms with Gasteiger partial charge >= 0.3 is 6.03 Å². The Labute approximate surface area is 169 Å².